The van der Waals surface area contributed by atoms with Gasteiger partial charge < -0.3 is 5.32 Å². The molecule has 8 heteroatoms. The lowest BCUT2D eigenvalue weighted by molar-refractivity contribution is 0.244. The first-order valence-electron chi connectivity index (χ1n) is 8.93. The van der Waals surface area contributed by atoms with Gasteiger partial charge in [-0.05, 0) is 42.2 Å². The first-order chi connectivity index (χ1) is 13.4. The standard InChI is InChI=1S/C20H20N4O3S/c1-13(2)24-12-11-18(22-24)28(26,27)23-20(25)21-19-16-9-5-3-7-14(16)15-8-4-6-10-17(15)19/h3-13,19H,1-2H3,(H2,21,23,25). The van der Waals surface area contributed by atoms with Gasteiger partial charge in [0.15, 0.2) is 5.03 Å². The zero-order chi connectivity index (χ0) is 19.9. The second-order valence-corrected chi connectivity index (χ2v) is 8.54. The van der Waals surface area contributed by atoms with Crippen molar-refractivity contribution in [3.63, 3.8) is 0 Å². The summed E-state index contributed by atoms with van der Waals surface area (Å²) in [4.78, 5) is 12.5. The number of urea groups is 1. The molecular formula is C20H20N4O3S. The third kappa shape index (κ3) is 3.16. The summed E-state index contributed by atoms with van der Waals surface area (Å²) in [5, 5.41) is 6.62. The first-order valence-corrected chi connectivity index (χ1v) is 10.4. The van der Waals surface area contributed by atoms with Crippen molar-refractivity contribution >= 4 is 16.1 Å². The van der Waals surface area contributed by atoms with E-state index in [1.165, 1.54) is 10.7 Å². The minimum atomic E-state index is -4.06. The Morgan fingerprint density at radius 3 is 2.11 bits per heavy atom. The number of sulfonamides is 1. The molecule has 3 aromatic rings. The Balaban J connectivity index is 1.57. The van der Waals surface area contributed by atoms with Crippen LogP contribution in [0.1, 0.15) is 37.1 Å². The van der Waals surface area contributed by atoms with Gasteiger partial charge in [-0.1, -0.05) is 48.5 Å². The average Bonchev–Trinajstić information content (AvgIpc) is 3.27. The number of carbonyl (C=O) groups excluding carboxylic acids is 1. The van der Waals surface area contributed by atoms with Crippen LogP contribution < -0.4 is 10.0 Å². The maximum atomic E-state index is 12.5. The van der Waals surface area contributed by atoms with Crippen molar-refractivity contribution in [1.82, 2.24) is 19.8 Å². The van der Waals surface area contributed by atoms with Crippen LogP contribution in [0.15, 0.2) is 65.8 Å². The SMILES string of the molecule is CC(C)n1ccc(S(=O)(=O)NC(=O)NC2c3ccccc3-c3ccccc32)n1. The predicted octanol–water partition coefficient (Wildman–Crippen LogP) is 3.22. The Morgan fingerprint density at radius 1 is 1.00 bits per heavy atom. The van der Waals surface area contributed by atoms with E-state index in [-0.39, 0.29) is 11.1 Å². The third-order valence-electron chi connectivity index (χ3n) is 4.72. The number of hydrogen-bond donors (Lipinski definition) is 2. The number of nitrogens with zero attached hydrogens (tertiary/aromatic N) is 2. The maximum absolute atomic E-state index is 12.5. The minimum absolute atomic E-state index is 0.0178. The highest BCUT2D eigenvalue weighted by Gasteiger charge is 2.30. The Morgan fingerprint density at radius 2 is 1.57 bits per heavy atom. The number of hydrogen-bond acceptors (Lipinski definition) is 4. The topological polar surface area (TPSA) is 93.1 Å². The zero-order valence-electron chi connectivity index (χ0n) is 15.5. The van der Waals surface area contributed by atoms with Crippen LogP contribution in [-0.2, 0) is 10.0 Å². The van der Waals surface area contributed by atoms with Crippen molar-refractivity contribution in [1.29, 1.82) is 0 Å². The van der Waals surface area contributed by atoms with Crippen LogP contribution in [-0.4, -0.2) is 24.2 Å². The van der Waals surface area contributed by atoms with Gasteiger partial charge in [-0.2, -0.15) is 13.5 Å². The van der Waals surface area contributed by atoms with Gasteiger partial charge in [0.05, 0.1) is 6.04 Å². The van der Waals surface area contributed by atoms with Crippen LogP contribution in [0.4, 0.5) is 4.79 Å². The van der Waals surface area contributed by atoms with Gasteiger partial charge in [-0.15, -0.1) is 0 Å². The molecule has 2 amide bonds. The summed E-state index contributed by atoms with van der Waals surface area (Å²) < 4.78 is 28.6. The second kappa shape index (κ2) is 6.79. The molecule has 0 spiro atoms. The molecule has 0 aliphatic heterocycles. The van der Waals surface area contributed by atoms with Crippen molar-refractivity contribution in [2.75, 3.05) is 0 Å². The van der Waals surface area contributed by atoms with Crippen LogP contribution in [0, 0.1) is 0 Å². The normalized spacial score (nSPS) is 13.2. The zero-order valence-corrected chi connectivity index (χ0v) is 16.3. The molecule has 0 radical (unpaired) electrons. The Labute approximate surface area is 163 Å². The van der Waals surface area contributed by atoms with E-state index in [4.69, 9.17) is 0 Å². The van der Waals surface area contributed by atoms with Crippen LogP contribution in [0.3, 0.4) is 0 Å². The number of carbonyl (C=O) groups is 1. The molecule has 0 unspecified atom stereocenters. The monoisotopic (exact) mass is 396 g/mol. The van der Waals surface area contributed by atoms with Crippen molar-refractivity contribution in [2.45, 2.75) is 31.0 Å². The van der Waals surface area contributed by atoms with E-state index >= 15 is 0 Å². The molecule has 2 aromatic carbocycles. The molecular weight excluding hydrogens is 376 g/mol. The molecule has 0 saturated carbocycles. The molecule has 1 heterocycles. The molecule has 4 rings (SSSR count). The fraction of sp³-hybridized carbons (Fsp3) is 0.200. The van der Waals surface area contributed by atoms with Crippen molar-refractivity contribution < 1.29 is 13.2 Å². The molecule has 0 fully saturated rings. The van der Waals surface area contributed by atoms with Gasteiger partial charge in [0.1, 0.15) is 0 Å². The van der Waals surface area contributed by atoms with Crippen LogP contribution in [0.2, 0.25) is 0 Å². The minimum Gasteiger partial charge on any atom is -0.326 e. The summed E-state index contributed by atoms with van der Waals surface area (Å²) >= 11 is 0. The fourth-order valence-corrected chi connectivity index (χ4v) is 4.25. The van der Waals surface area contributed by atoms with Gasteiger partial charge in [0.25, 0.3) is 10.0 Å². The predicted molar refractivity (Wildman–Crippen MR) is 105 cm³/mol. The average molecular weight is 396 g/mol. The molecule has 0 bridgehead atoms. The summed E-state index contributed by atoms with van der Waals surface area (Å²) in [6.45, 7) is 3.77. The smallest absolute Gasteiger partial charge is 0.326 e. The first kappa shape index (κ1) is 18.2. The maximum Gasteiger partial charge on any atom is 0.329 e. The molecule has 28 heavy (non-hydrogen) atoms. The van der Waals surface area contributed by atoms with Crippen LogP contribution >= 0.6 is 0 Å². The summed E-state index contributed by atoms with van der Waals surface area (Å²) in [5.74, 6) is 0. The number of aromatic nitrogens is 2. The van der Waals surface area contributed by atoms with Gasteiger partial charge >= 0.3 is 6.03 Å². The van der Waals surface area contributed by atoms with Gasteiger partial charge in [-0.25, -0.2) is 9.52 Å². The highest BCUT2D eigenvalue weighted by molar-refractivity contribution is 7.90. The number of nitrogens with one attached hydrogen (secondary N) is 2. The Kier molecular flexibility index (Phi) is 4.43. The van der Waals surface area contributed by atoms with E-state index < -0.39 is 22.1 Å². The van der Waals surface area contributed by atoms with Gasteiger partial charge in [0.2, 0.25) is 0 Å². The summed E-state index contributed by atoms with van der Waals surface area (Å²) in [6, 6.07) is 15.7. The van der Waals surface area contributed by atoms with E-state index in [2.05, 4.69) is 15.1 Å². The molecule has 1 aliphatic carbocycles. The molecule has 144 valence electrons. The largest absolute Gasteiger partial charge is 0.329 e. The molecule has 0 atom stereocenters. The highest BCUT2D eigenvalue weighted by Crippen LogP contribution is 2.42. The van der Waals surface area contributed by atoms with Crippen LogP contribution in [0.5, 0.6) is 0 Å². The van der Waals surface area contributed by atoms with E-state index in [1.807, 2.05) is 62.4 Å². The quantitative estimate of drug-likeness (QED) is 0.708. The number of rotatable bonds is 4. The lowest BCUT2D eigenvalue weighted by Crippen LogP contribution is -2.41. The van der Waals surface area contributed by atoms with E-state index in [0.717, 1.165) is 22.3 Å². The molecule has 2 N–H and O–H groups in total. The molecule has 7 nitrogen and oxygen atoms in total. The fourth-order valence-electron chi connectivity index (χ4n) is 3.40. The molecule has 0 saturated heterocycles. The lowest BCUT2D eigenvalue weighted by Gasteiger charge is -2.16. The van der Waals surface area contributed by atoms with Crippen molar-refractivity contribution in [2.24, 2.45) is 0 Å². The summed E-state index contributed by atoms with van der Waals surface area (Å²) in [6.07, 6.45) is 1.57. The van der Waals surface area contributed by atoms with Crippen LogP contribution in [0.25, 0.3) is 11.1 Å². The van der Waals surface area contributed by atoms with Crippen molar-refractivity contribution in [3.05, 3.63) is 71.9 Å². The van der Waals surface area contributed by atoms with E-state index in [1.54, 1.807) is 6.20 Å². The Bertz CT molecular complexity index is 1110. The molecule has 1 aliphatic rings. The van der Waals surface area contributed by atoms with Crippen molar-refractivity contribution in [3.8, 4) is 11.1 Å². The summed E-state index contributed by atoms with van der Waals surface area (Å²) in [7, 11) is -4.06. The van der Waals surface area contributed by atoms with Gasteiger partial charge in [0, 0.05) is 12.2 Å². The third-order valence-corrected chi connectivity index (χ3v) is 5.95. The van der Waals surface area contributed by atoms with Gasteiger partial charge in [-0.3, -0.25) is 4.68 Å². The Hall–Kier alpha value is -3.13. The highest BCUT2D eigenvalue weighted by atomic mass is 32.2. The number of amides is 2. The number of fused-ring (bicyclic) bond motifs is 3. The van der Waals surface area contributed by atoms with E-state index in [0.29, 0.717) is 0 Å². The lowest BCUT2D eigenvalue weighted by atomic mass is 10.1. The number of benzene rings is 2. The molecule has 1 aromatic heterocycles. The summed E-state index contributed by atoms with van der Waals surface area (Å²) in [5.41, 5.74) is 3.92. The second-order valence-electron chi connectivity index (χ2n) is 6.91. The van der Waals surface area contributed by atoms with E-state index in [9.17, 15) is 13.2 Å².